The second-order valence-electron chi connectivity index (χ2n) is 8.39. The van der Waals surface area contributed by atoms with Crippen molar-refractivity contribution in [1.82, 2.24) is 29.5 Å². The zero-order valence-corrected chi connectivity index (χ0v) is 19.1. The first-order chi connectivity index (χ1) is 16.4. The Kier molecular flexibility index (Phi) is 5.40. The second-order valence-corrected chi connectivity index (χ2v) is 8.39. The molecule has 1 saturated heterocycles. The van der Waals surface area contributed by atoms with E-state index in [4.69, 9.17) is 0 Å². The summed E-state index contributed by atoms with van der Waals surface area (Å²) < 4.78 is 3.06. The van der Waals surface area contributed by atoms with E-state index in [1.54, 1.807) is 17.8 Å². The number of carbonyl (C=O) groups excluding carboxylic acids is 1. The van der Waals surface area contributed by atoms with Crippen LogP contribution in [0.4, 0.5) is 11.5 Å². The summed E-state index contributed by atoms with van der Waals surface area (Å²) in [6, 6.07) is 14.4. The number of hydrogen-bond acceptors (Lipinski definition) is 7. The summed E-state index contributed by atoms with van der Waals surface area (Å²) in [7, 11) is 1.60. The summed E-state index contributed by atoms with van der Waals surface area (Å²) in [5.74, 6) is 1.22. The third kappa shape index (κ3) is 4.05. The van der Waals surface area contributed by atoms with Crippen molar-refractivity contribution in [2.75, 3.05) is 23.3 Å². The van der Waals surface area contributed by atoms with E-state index in [1.807, 2.05) is 55.1 Å². The lowest BCUT2D eigenvalue weighted by molar-refractivity contribution is -0.120. The Morgan fingerprint density at radius 1 is 1.00 bits per heavy atom. The Labute approximate surface area is 195 Å². The van der Waals surface area contributed by atoms with Crippen LogP contribution in [0, 0.1) is 19.8 Å². The normalized spacial score (nSPS) is 13.6. The molecule has 1 fully saturated rings. The fourth-order valence-electron chi connectivity index (χ4n) is 4.01. The van der Waals surface area contributed by atoms with Gasteiger partial charge in [0.1, 0.15) is 12.1 Å². The Morgan fingerprint density at radius 3 is 2.50 bits per heavy atom. The van der Waals surface area contributed by atoms with Crippen LogP contribution in [0.3, 0.4) is 0 Å². The molecule has 0 atom stereocenters. The molecule has 1 aliphatic heterocycles. The maximum atomic E-state index is 13.0. The zero-order valence-electron chi connectivity index (χ0n) is 19.1. The van der Waals surface area contributed by atoms with Crippen molar-refractivity contribution in [1.29, 1.82) is 0 Å². The first kappa shape index (κ1) is 21.5. The van der Waals surface area contributed by atoms with E-state index in [1.165, 1.54) is 17.1 Å². The smallest absolute Gasteiger partial charge is 0.266 e. The number of aryl methyl sites for hydroxylation is 3. The zero-order chi connectivity index (χ0) is 23.8. The monoisotopic (exact) mass is 456 g/mol. The summed E-state index contributed by atoms with van der Waals surface area (Å²) in [6.45, 7) is 5.03. The van der Waals surface area contributed by atoms with Gasteiger partial charge in [0, 0.05) is 43.5 Å². The number of hydrogen-bond donors (Lipinski definition) is 1. The summed E-state index contributed by atoms with van der Waals surface area (Å²) in [5.41, 5.74) is 3.76. The van der Waals surface area contributed by atoms with Crippen LogP contribution in [0.1, 0.15) is 11.4 Å². The highest BCUT2D eigenvalue weighted by atomic mass is 16.2. The standard InChI is InChI=1S/C24H24N8O2/c1-15-10-16(2)32(28-15)22-11-21(25-14-26-22)31-12-17(13-31)24(34)27-19-7-5-4-6-18(19)20-8-9-23(33)30(3)29-20/h4-11,14,17H,12-13H2,1-3H3,(H,27,34). The molecular weight excluding hydrogens is 432 g/mol. The lowest BCUT2D eigenvalue weighted by Gasteiger charge is -2.39. The highest BCUT2D eigenvalue weighted by molar-refractivity contribution is 5.97. The molecule has 1 aromatic carbocycles. The average molecular weight is 457 g/mol. The van der Waals surface area contributed by atoms with Crippen LogP contribution in [0.25, 0.3) is 17.1 Å². The van der Waals surface area contributed by atoms with Gasteiger partial charge in [-0.2, -0.15) is 10.2 Å². The molecule has 4 aromatic rings. The molecule has 1 amide bonds. The van der Waals surface area contributed by atoms with E-state index in [9.17, 15) is 9.59 Å². The molecular formula is C24H24N8O2. The highest BCUT2D eigenvalue weighted by Gasteiger charge is 2.34. The summed E-state index contributed by atoms with van der Waals surface area (Å²) in [5, 5.41) is 11.8. The first-order valence-electron chi connectivity index (χ1n) is 10.9. The molecule has 0 unspecified atom stereocenters. The van der Waals surface area contributed by atoms with Crippen LogP contribution < -0.4 is 15.8 Å². The van der Waals surface area contributed by atoms with Gasteiger partial charge in [0.2, 0.25) is 5.91 Å². The maximum absolute atomic E-state index is 13.0. The molecule has 0 saturated carbocycles. The molecule has 1 N–H and O–H groups in total. The summed E-state index contributed by atoms with van der Waals surface area (Å²) in [4.78, 5) is 35.4. The Bertz CT molecular complexity index is 1430. The largest absolute Gasteiger partial charge is 0.355 e. The molecule has 0 aliphatic carbocycles. The maximum Gasteiger partial charge on any atom is 0.266 e. The number of benzene rings is 1. The van der Waals surface area contributed by atoms with Crippen molar-refractivity contribution in [2.24, 2.45) is 13.0 Å². The van der Waals surface area contributed by atoms with Gasteiger partial charge >= 0.3 is 0 Å². The fourth-order valence-corrected chi connectivity index (χ4v) is 4.01. The molecule has 1 aliphatic rings. The minimum absolute atomic E-state index is 0.0682. The summed E-state index contributed by atoms with van der Waals surface area (Å²) >= 11 is 0. The molecule has 0 radical (unpaired) electrons. The Hall–Kier alpha value is -4.34. The van der Waals surface area contributed by atoms with Crippen LogP contribution in [-0.4, -0.2) is 48.5 Å². The van der Waals surface area contributed by atoms with Crippen LogP contribution >= 0.6 is 0 Å². The molecule has 0 spiro atoms. The van der Waals surface area contributed by atoms with E-state index < -0.39 is 0 Å². The Morgan fingerprint density at radius 2 is 1.76 bits per heavy atom. The van der Waals surface area contributed by atoms with Crippen molar-refractivity contribution < 1.29 is 4.79 Å². The van der Waals surface area contributed by atoms with E-state index in [-0.39, 0.29) is 17.4 Å². The fraction of sp³-hybridized carbons (Fsp3) is 0.250. The van der Waals surface area contributed by atoms with Crippen molar-refractivity contribution in [3.63, 3.8) is 0 Å². The minimum atomic E-state index is -0.189. The number of carbonyl (C=O) groups is 1. The lowest BCUT2D eigenvalue weighted by atomic mass is 9.98. The van der Waals surface area contributed by atoms with Gasteiger partial charge in [0.05, 0.1) is 23.0 Å². The van der Waals surface area contributed by atoms with Gasteiger partial charge in [-0.3, -0.25) is 9.59 Å². The van der Waals surface area contributed by atoms with Crippen molar-refractivity contribution in [3.05, 3.63) is 76.6 Å². The van der Waals surface area contributed by atoms with E-state index >= 15 is 0 Å². The van der Waals surface area contributed by atoms with E-state index in [2.05, 4.69) is 25.5 Å². The molecule has 5 rings (SSSR count). The van der Waals surface area contributed by atoms with Gasteiger partial charge in [-0.25, -0.2) is 19.3 Å². The predicted octanol–water partition coefficient (Wildman–Crippen LogP) is 2.11. The highest BCUT2D eigenvalue weighted by Crippen LogP contribution is 2.28. The predicted molar refractivity (Wildman–Crippen MR) is 128 cm³/mol. The SMILES string of the molecule is Cc1cc(C)n(-c2cc(N3CC(C(=O)Nc4ccccc4-c4ccc(=O)n(C)n4)C3)ncn2)n1. The lowest BCUT2D eigenvalue weighted by Crippen LogP contribution is -2.52. The van der Waals surface area contributed by atoms with Gasteiger partial charge in [-0.05, 0) is 32.0 Å². The molecule has 10 nitrogen and oxygen atoms in total. The quantitative estimate of drug-likeness (QED) is 0.490. The molecule has 4 heterocycles. The number of rotatable bonds is 5. The number of nitrogens with zero attached hydrogens (tertiary/aromatic N) is 7. The van der Waals surface area contributed by atoms with Crippen molar-refractivity contribution in [3.8, 4) is 17.1 Å². The van der Waals surface area contributed by atoms with Gasteiger partial charge < -0.3 is 10.2 Å². The number of amides is 1. The van der Waals surface area contributed by atoms with Crippen molar-refractivity contribution >= 4 is 17.4 Å². The average Bonchev–Trinajstić information content (AvgIpc) is 3.13. The first-order valence-corrected chi connectivity index (χ1v) is 10.9. The number of aromatic nitrogens is 6. The van der Waals surface area contributed by atoms with Gasteiger partial charge in [0.25, 0.3) is 5.56 Å². The van der Waals surface area contributed by atoms with E-state index in [0.29, 0.717) is 30.3 Å². The number of para-hydroxylation sites is 1. The molecule has 3 aromatic heterocycles. The molecule has 10 heteroatoms. The molecule has 34 heavy (non-hydrogen) atoms. The van der Waals surface area contributed by atoms with Gasteiger partial charge in [0.15, 0.2) is 5.82 Å². The van der Waals surface area contributed by atoms with Crippen LogP contribution in [0.15, 0.2) is 59.7 Å². The van der Waals surface area contributed by atoms with Crippen LogP contribution in [0.5, 0.6) is 0 Å². The minimum Gasteiger partial charge on any atom is -0.355 e. The molecule has 172 valence electrons. The van der Waals surface area contributed by atoms with Crippen LogP contribution in [-0.2, 0) is 11.8 Å². The number of nitrogens with one attached hydrogen (secondary N) is 1. The molecule has 0 bridgehead atoms. The third-order valence-corrected chi connectivity index (χ3v) is 5.86. The van der Waals surface area contributed by atoms with E-state index in [0.717, 1.165) is 22.8 Å². The number of anilines is 2. The van der Waals surface area contributed by atoms with Gasteiger partial charge in [-0.15, -0.1) is 0 Å². The summed E-state index contributed by atoms with van der Waals surface area (Å²) in [6.07, 6.45) is 1.52. The third-order valence-electron chi connectivity index (χ3n) is 5.86. The van der Waals surface area contributed by atoms with Gasteiger partial charge in [-0.1, -0.05) is 18.2 Å². The second kappa shape index (κ2) is 8.54. The van der Waals surface area contributed by atoms with Crippen LogP contribution in [0.2, 0.25) is 0 Å². The topological polar surface area (TPSA) is 111 Å². The van der Waals surface area contributed by atoms with Crippen molar-refractivity contribution in [2.45, 2.75) is 13.8 Å². The Balaban J connectivity index is 1.28.